The van der Waals surface area contributed by atoms with Crippen molar-refractivity contribution in [3.05, 3.63) is 117 Å². The van der Waals surface area contributed by atoms with Gasteiger partial charge in [-0.1, -0.05) is 48.5 Å². The Morgan fingerprint density at radius 1 is 0.776 bits per heavy atom. The molecule has 0 spiro atoms. The van der Waals surface area contributed by atoms with Crippen molar-refractivity contribution in [2.75, 3.05) is 19.6 Å². The van der Waals surface area contributed by atoms with Crippen molar-refractivity contribution in [3.63, 3.8) is 0 Å². The van der Waals surface area contributed by atoms with Gasteiger partial charge >= 0.3 is 0 Å². The van der Waals surface area contributed by atoms with Crippen LogP contribution in [0.2, 0.25) is 0 Å². The number of non-ortho nitro benzene ring substituents is 1. The van der Waals surface area contributed by atoms with Gasteiger partial charge in [-0.3, -0.25) is 14.9 Å². The van der Waals surface area contributed by atoms with Crippen LogP contribution >= 0.6 is 0 Å². The number of nitro benzene ring substituents is 1. The number of nitrogens with one attached hydrogen (secondary N) is 2. The lowest BCUT2D eigenvalue weighted by Crippen LogP contribution is -2.36. The minimum absolute atomic E-state index is 0.00162. The molecule has 258 valence electrons. The largest absolute Gasteiger partial charge is 0.504 e. The van der Waals surface area contributed by atoms with Crippen LogP contribution in [0.1, 0.15) is 39.0 Å². The quantitative estimate of drug-likeness (QED) is 0.0590. The molecule has 1 amide bonds. The molecule has 0 unspecified atom stereocenters. The number of fused-ring (bicyclic) bond motifs is 1. The highest BCUT2D eigenvalue weighted by molar-refractivity contribution is 7.89. The van der Waals surface area contributed by atoms with E-state index in [1.807, 2.05) is 30.3 Å². The van der Waals surface area contributed by atoms with E-state index in [0.29, 0.717) is 30.4 Å². The normalized spacial score (nSPS) is 13.2. The molecule has 0 fully saturated rings. The Bertz CT molecular complexity index is 2090. The number of benzene rings is 4. The Morgan fingerprint density at radius 2 is 1.45 bits per heavy atom. The summed E-state index contributed by atoms with van der Waals surface area (Å²) in [5, 5.41) is 42.2. The van der Waals surface area contributed by atoms with Gasteiger partial charge in [-0.15, -0.1) is 0 Å². The number of carbonyl (C=O) groups excluding carboxylic acids is 1. The molecule has 1 heterocycles. The summed E-state index contributed by atoms with van der Waals surface area (Å²) in [6, 6.07) is 20.5. The first-order valence-corrected chi connectivity index (χ1v) is 18.2. The van der Waals surface area contributed by atoms with Gasteiger partial charge in [0.05, 0.1) is 15.4 Å². The van der Waals surface area contributed by atoms with Crippen LogP contribution in [-0.4, -0.2) is 67.5 Å². The first-order valence-electron chi connectivity index (χ1n) is 15.2. The van der Waals surface area contributed by atoms with Gasteiger partial charge in [0.1, 0.15) is 4.90 Å². The number of carbonyl (C=O) groups is 1. The van der Waals surface area contributed by atoms with Crippen LogP contribution < -0.4 is 9.44 Å². The van der Waals surface area contributed by atoms with Gasteiger partial charge in [0.25, 0.3) is 11.6 Å². The summed E-state index contributed by atoms with van der Waals surface area (Å²) in [5.41, 5.74) is 2.37. The van der Waals surface area contributed by atoms with Crippen LogP contribution in [0.15, 0.2) is 88.7 Å². The molecule has 16 heteroatoms. The summed E-state index contributed by atoms with van der Waals surface area (Å²) in [5.74, 6) is -4.11. The molecule has 4 aromatic rings. The van der Waals surface area contributed by atoms with E-state index in [0.717, 1.165) is 17.2 Å². The van der Waals surface area contributed by atoms with Crippen molar-refractivity contribution in [1.82, 2.24) is 14.3 Å². The Labute approximate surface area is 282 Å². The first kappa shape index (κ1) is 35.3. The third-order valence-corrected chi connectivity index (χ3v) is 11.1. The van der Waals surface area contributed by atoms with Crippen molar-refractivity contribution in [1.29, 1.82) is 0 Å². The Balaban J connectivity index is 1.27. The van der Waals surface area contributed by atoms with E-state index in [4.69, 9.17) is 0 Å². The van der Waals surface area contributed by atoms with Gasteiger partial charge in [-0.25, -0.2) is 26.3 Å². The first-order chi connectivity index (χ1) is 23.3. The summed E-state index contributed by atoms with van der Waals surface area (Å²) in [7, 11) is -8.39. The number of aromatic hydroxyl groups is 3. The van der Waals surface area contributed by atoms with E-state index in [-0.39, 0.29) is 43.2 Å². The van der Waals surface area contributed by atoms with E-state index in [2.05, 4.69) is 9.44 Å². The average Bonchev–Trinajstić information content (AvgIpc) is 3.09. The number of sulfonamides is 2. The van der Waals surface area contributed by atoms with E-state index in [9.17, 15) is 47.1 Å². The van der Waals surface area contributed by atoms with Crippen LogP contribution in [0, 0.1) is 10.1 Å². The van der Waals surface area contributed by atoms with E-state index in [1.54, 1.807) is 18.2 Å². The van der Waals surface area contributed by atoms with Crippen LogP contribution in [0.4, 0.5) is 5.69 Å². The van der Waals surface area contributed by atoms with Crippen molar-refractivity contribution in [2.45, 2.75) is 42.0 Å². The van der Waals surface area contributed by atoms with Crippen molar-refractivity contribution in [3.8, 4) is 17.2 Å². The Hall–Kier alpha value is -5.03. The number of phenolic OH excluding ortho intramolecular Hbond substituents is 3. The second-order valence-electron chi connectivity index (χ2n) is 11.4. The number of aryl methyl sites for hydroxylation is 1. The van der Waals surface area contributed by atoms with Gasteiger partial charge in [0, 0.05) is 38.3 Å². The average molecular weight is 711 g/mol. The molecule has 49 heavy (non-hydrogen) atoms. The third kappa shape index (κ3) is 8.17. The number of amides is 1. The Morgan fingerprint density at radius 3 is 2.14 bits per heavy atom. The highest BCUT2D eigenvalue weighted by atomic mass is 32.2. The maximum atomic E-state index is 13.6. The number of nitro groups is 1. The standard InChI is InChI=1S/C33H34N4O10S2/c38-30-28(20-29(31(39)32(30)40)49(46,47)34-16-4-7-22-5-2-1-3-6-22)33(41)36-18-15-24-10-13-27(19-25(24)21-36)48(44,45)35-17-14-23-8-11-26(12-9-23)37(42)43/h1-3,5-6,8-13,19-20,34-35,38-40H,4,7,14-18,21H2. The third-order valence-electron chi connectivity index (χ3n) is 8.15. The van der Waals surface area contributed by atoms with Gasteiger partial charge < -0.3 is 20.2 Å². The number of hydrogen-bond acceptors (Lipinski definition) is 10. The van der Waals surface area contributed by atoms with Crippen molar-refractivity contribution in [2.24, 2.45) is 0 Å². The maximum absolute atomic E-state index is 13.6. The van der Waals surface area contributed by atoms with E-state index < -0.39 is 58.6 Å². The predicted octanol–water partition coefficient (Wildman–Crippen LogP) is 3.34. The molecule has 5 rings (SSSR count). The smallest absolute Gasteiger partial charge is 0.269 e. The van der Waals surface area contributed by atoms with Crippen LogP contribution in [-0.2, 0) is 45.9 Å². The molecule has 14 nitrogen and oxygen atoms in total. The molecule has 5 N–H and O–H groups in total. The summed E-state index contributed by atoms with van der Waals surface area (Å²) < 4.78 is 57.2. The lowest BCUT2D eigenvalue weighted by Gasteiger charge is -2.29. The SMILES string of the molecule is O=C(c1cc(S(=O)(=O)NCCCc2ccccc2)c(O)c(O)c1O)N1CCc2ccc(S(=O)(=O)NCCc3ccc([N+](=O)[O-])cc3)cc2C1. The Kier molecular flexibility index (Phi) is 10.5. The molecule has 0 aliphatic carbocycles. The molecule has 0 radical (unpaired) electrons. The fourth-order valence-electron chi connectivity index (χ4n) is 5.46. The molecule has 4 aromatic carbocycles. The minimum atomic E-state index is -4.42. The van der Waals surface area contributed by atoms with Crippen LogP contribution in [0.5, 0.6) is 17.2 Å². The monoisotopic (exact) mass is 710 g/mol. The fourth-order valence-corrected chi connectivity index (χ4v) is 7.73. The van der Waals surface area contributed by atoms with Crippen LogP contribution in [0.3, 0.4) is 0 Å². The lowest BCUT2D eigenvalue weighted by atomic mass is 9.99. The van der Waals surface area contributed by atoms with Crippen molar-refractivity contribution >= 4 is 31.6 Å². The molecular formula is C33H34N4O10S2. The van der Waals surface area contributed by atoms with Gasteiger partial charge in [-0.05, 0) is 66.1 Å². The van der Waals surface area contributed by atoms with E-state index >= 15 is 0 Å². The molecule has 0 atom stereocenters. The fraction of sp³-hybridized carbons (Fsp3) is 0.242. The molecule has 1 aliphatic heterocycles. The summed E-state index contributed by atoms with van der Waals surface area (Å²) in [6.07, 6.45) is 1.62. The highest BCUT2D eigenvalue weighted by Crippen LogP contribution is 2.43. The number of rotatable bonds is 13. The summed E-state index contributed by atoms with van der Waals surface area (Å²) in [4.78, 5) is 24.4. The summed E-state index contributed by atoms with van der Waals surface area (Å²) in [6.45, 7) is 0.0910. The molecule has 0 aromatic heterocycles. The molecule has 0 bridgehead atoms. The second kappa shape index (κ2) is 14.6. The lowest BCUT2D eigenvalue weighted by molar-refractivity contribution is -0.384. The number of hydrogen-bond donors (Lipinski definition) is 5. The zero-order valence-electron chi connectivity index (χ0n) is 26.1. The molecule has 1 aliphatic rings. The minimum Gasteiger partial charge on any atom is -0.504 e. The topological polar surface area (TPSA) is 216 Å². The molecule has 0 saturated heterocycles. The maximum Gasteiger partial charge on any atom is 0.269 e. The molecule has 0 saturated carbocycles. The van der Waals surface area contributed by atoms with Crippen molar-refractivity contribution < 1.29 is 41.9 Å². The predicted molar refractivity (Wildman–Crippen MR) is 178 cm³/mol. The van der Waals surface area contributed by atoms with Gasteiger partial charge in [-0.2, -0.15) is 0 Å². The van der Waals surface area contributed by atoms with E-state index in [1.165, 1.54) is 29.2 Å². The zero-order chi connectivity index (χ0) is 35.3. The second-order valence-corrected chi connectivity index (χ2v) is 14.9. The van der Waals surface area contributed by atoms with Gasteiger partial charge in [0.15, 0.2) is 11.5 Å². The van der Waals surface area contributed by atoms with Gasteiger partial charge in [0.2, 0.25) is 25.8 Å². The highest BCUT2D eigenvalue weighted by Gasteiger charge is 2.31. The number of phenols is 3. The number of nitrogens with zero attached hydrogens (tertiary/aromatic N) is 2. The van der Waals surface area contributed by atoms with Crippen LogP contribution in [0.25, 0.3) is 0 Å². The molecular weight excluding hydrogens is 677 g/mol. The zero-order valence-corrected chi connectivity index (χ0v) is 27.7. The summed E-state index contributed by atoms with van der Waals surface area (Å²) >= 11 is 0.